The first kappa shape index (κ1) is 14.3. The van der Waals surface area contributed by atoms with Gasteiger partial charge in [-0.15, -0.1) is 0 Å². The molecule has 0 fully saturated rings. The molecule has 112 valence electrons. The molecule has 0 spiro atoms. The van der Waals surface area contributed by atoms with Crippen molar-refractivity contribution in [3.8, 4) is 5.75 Å². The number of hydrogen-bond donors (Lipinski definition) is 1. The third-order valence-corrected chi connectivity index (χ3v) is 3.55. The summed E-state index contributed by atoms with van der Waals surface area (Å²) < 4.78 is 1.68. The molecule has 2 heterocycles. The molecule has 0 amide bonds. The number of pyridine rings is 1. The molecule has 5 heteroatoms. The van der Waals surface area contributed by atoms with Gasteiger partial charge in [0.1, 0.15) is 11.6 Å². The Morgan fingerprint density at radius 1 is 1.27 bits per heavy atom. The number of benzene rings is 1. The highest BCUT2D eigenvalue weighted by molar-refractivity contribution is 5.79. The van der Waals surface area contributed by atoms with Gasteiger partial charge >= 0.3 is 0 Å². The largest absolute Gasteiger partial charge is 0.508 e. The third kappa shape index (κ3) is 2.57. The smallest absolute Gasteiger partial charge is 0.261 e. The molecule has 0 aliphatic rings. The monoisotopic (exact) mass is 295 g/mol. The molecule has 0 aliphatic carbocycles. The van der Waals surface area contributed by atoms with Gasteiger partial charge < -0.3 is 5.11 Å². The zero-order valence-electron chi connectivity index (χ0n) is 12.5. The van der Waals surface area contributed by atoms with Crippen molar-refractivity contribution < 1.29 is 5.11 Å². The van der Waals surface area contributed by atoms with Crippen molar-refractivity contribution in [3.05, 3.63) is 64.5 Å². The first-order valence-corrected chi connectivity index (χ1v) is 7.18. The third-order valence-electron chi connectivity index (χ3n) is 3.55. The number of phenols is 1. The summed E-state index contributed by atoms with van der Waals surface area (Å²) in [6.07, 6.45) is 3.45. The molecule has 0 atom stereocenters. The summed E-state index contributed by atoms with van der Waals surface area (Å²) in [6, 6.07) is 8.43. The van der Waals surface area contributed by atoms with E-state index in [1.165, 1.54) is 12.1 Å². The Morgan fingerprint density at radius 2 is 2.09 bits per heavy atom. The standard InChI is InChI=1S/C17H17N3O2/c1-11(2)16-19-15-8-13(21)5-6-14(15)17(22)20(16)10-12-4-3-7-18-9-12/h3-9,11,21H,10H2,1-2H3. The van der Waals surface area contributed by atoms with Crippen LogP contribution in [0.5, 0.6) is 5.75 Å². The number of phenolic OH excluding ortho intramolecular Hbond substituents is 1. The van der Waals surface area contributed by atoms with Crippen LogP contribution in [0.3, 0.4) is 0 Å². The van der Waals surface area contributed by atoms with E-state index in [-0.39, 0.29) is 17.2 Å². The Kier molecular flexibility index (Phi) is 3.63. The zero-order valence-corrected chi connectivity index (χ0v) is 12.5. The summed E-state index contributed by atoms with van der Waals surface area (Å²) in [5, 5.41) is 10.1. The molecule has 0 unspecified atom stereocenters. The van der Waals surface area contributed by atoms with Crippen LogP contribution in [0.25, 0.3) is 10.9 Å². The fourth-order valence-electron chi connectivity index (χ4n) is 2.49. The molecule has 3 aromatic rings. The van der Waals surface area contributed by atoms with Crippen LogP contribution in [-0.4, -0.2) is 19.6 Å². The van der Waals surface area contributed by atoms with Crippen molar-refractivity contribution in [3.63, 3.8) is 0 Å². The maximum atomic E-state index is 12.8. The maximum Gasteiger partial charge on any atom is 0.261 e. The van der Waals surface area contributed by atoms with E-state index < -0.39 is 0 Å². The molecule has 0 bridgehead atoms. The van der Waals surface area contributed by atoms with E-state index in [0.29, 0.717) is 23.3 Å². The zero-order chi connectivity index (χ0) is 15.7. The van der Waals surface area contributed by atoms with Gasteiger partial charge in [0.05, 0.1) is 17.4 Å². The second-order valence-electron chi connectivity index (χ2n) is 5.58. The van der Waals surface area contributed by atoms with Crippen LogP contribution in [0.15, 0.2) is 47.5 Å². The minimum absolute atomic E-state index is 0.0936. The lowest BCUT2D eigenvalue weighted by Gasteiger charge is -2.16. The van der Waals surface area contributed by atoms with Gasteiger partial charge in [-0.25, -0.2) is 4.98 Å². The van der Waals surface area contributed by atoms with Gasteiger partial charge in [0, 0.05) is 24.4 Å². The molecule has 2 aromatic heterocycles. The highest BCUT2D eigenvalue weighted by atomic mass is 16.3. The molecular formula is C17H17N3O2. The minimum Gasteiger partial charge on any atom is -0.508 e. The van der Waals surface area contributed by atoms with Crippen LogP contribution in [0.1, 0.15) is 31.2 Å². The summed E-state index contributed by atoms with van der Waals surface area (Å²) >= 11 is 0. The summed E-state index contributed by atoms with van der Waals surface area (Å²) in [5.74, 6) is 0.905. The maximum absolute atomic E-state index is 12.8. The normalized spacial score (nSPS) is 11.2. The van der Waals surface area contributed by atoms with Crippen molar-refractivity contribution in [1.82, 2.24) is 14.5 Å². The van der Waals surface area contributed by atoms with Crippen molar-refractivity contribution in [2.45, 2.75) is 26.3 Å². The number of rotatable bonds is 3. The average Bonchev–Trinajstić information content (AvgIpc) is 2.50. The Balaban J connectivity index is 2.23. The van der Waals surface area contributed by atoms with Crippen LogP contribution in [0, 0.1) is 0 Å². The van der Waals surface area contributed by atoms with Gasteiger partial charge in [0.2, 0.25) is 0 Å². The number of fused-ring (bicyclic) bond motifs is 1. The molecule has 0 saturated heterocycles. The van der Waals surface area contributed by atoms with E-state index >= 15 is 0 Å². The topological polar surface area (TPSA) is 68.0 Å². The highest BCUT2D eigenvalue weighted by Gasteiger charge is 2.14. The second-order valence-corrected chi connectivity index (χ2v) is 5.58. The van der Waals surface area contributed by atoms with E-state index in [4.69, 9.17) is 0 Å². The lowest BCUT2D eigenvalue weighted by molar-refractivity contribution is 0.476. The Morgan fingerprint density at radius 3 is 2.77 bits per heavy atom. The summed E-state index contributed by atoms with van der Waals surface area (Å²) in [4.78, 5) is 21.5. The van der Waals surface area contributed by atoms with Crippen LogP contribution in [0.2, 0.25) is 0 Å². The van der Waals surface area contributed by atoms with Crippen LogP contribution in [-0.2, 0) is 6.54 Å². The molecule has 0 radical (unpaired) electrons. The van der Waals surface area contributed by atoms with Crippen molar-refractivity contribution in [2.75, 3.05) is 0 Å². The van der Waals surface area contributed by atoms with E-state index in [0.717, 1.165) is 5.56 Å². The van der Waals surface area contributed by atoms with Crippen LogP contribution < -0.4 is 5.56 Å². The SMILES string of the molecule is CC(C)c1nc2cc(O)ccc2c(=O)n1Cc1cccnc1. The molecule has 22 heavy (non-hydrogen) atoms. The molecule has 0 aliphatic heterocycles. The predicted molar refractivity (Wildman–Crippen MR) is 85.1 cm³/mol. The molecular weight excluding hydrogens is 278 g/mol. The Labute approximate surface area is 127 Å². The Hall–Kier alpha value is -2.69. The lowest BCUT2D eigenvalue weighted by atomic mass is 10.1. The van der Waals surface area contributed by atoms with Gasteiger partial charge in [0.25, 0.3) is 5.56 Å². The number of hydrogen-bond acceptors (Lipinski definition) is 4. The number of aromatic hydroxyl groups is 1. The van der Waals surface area contributed by atoms with E-state index in [2.05, 4.69) is 9.97 Å². The summed E-state index contributed by atoms with van der Waals surface area (Å²) in [6.45, 7) is 4.43. The quantitative estimate of drug-likeness (QED) is 0.806. The Bertz CT molecular complexity index is 870. The van der Waals surface area contributed by atoms with Crippen LogP contribution >= 0.6 is 0 Å². The molecule has 0 saturated carbocycles. The van der Waals surface area contributed by atoms with Gasteiger partial charge in [-0.3, -0.25) is 14.3 Å². The van der Waals surface area contributed by atoms with E-state index in [9.17, 15) is 9.90 Å². The first-order valence-electron chi connectivity index (χ1n) is 7.18. The fourth-order valence-corrected chi connectivity index (χ4v) is 2.49. The second kappa shape index (κ2) is 5.60. The summed E-state index contributed by atoms with van der Waals surface area (Å²) in [5.41, 5.74) is 1.38. The molecule has 3 rings (SSSR count). The van der Waals surface area contributed by atoms with E-state index in [1.807, 2.05) is 26.0 Å². The van der Waals surface area contributed by atoms with Gasteiger partial charge in [0.15, 0.2) is 0 Å². The van der Waals surface area contributed by atoms with Gasteiger partial charge in [-0.05, 0) is 23.8 Å². The molecule has 1 N–H and O–H groups in total. The summed E-state index contributed by atoms with van der Waals surface area (Å²) in [7, 11) is 0. The fraction of sp³-hybridized carbons (Fsp3) is 0.235. The van der Waals surface area contributed by atoms with Gasteiger partial charge in [-0.2, -0.15) is 0 Å². The average molecular weight is 295 g/mol. The molecule has 5 nitrogen and oxygen atoms in total. The van der Waals surface area contributed by atoms with Gasteiger partial charge in [-0.1, -0.05) is 19.9 Å². The number of aromatic nitrogens is 3. The van der Waals surface area contributed by atoms with Crippen molar-refractivity contribution in [2.24, 2.45) is 0 Å². The minimum atomic E-state index is -0.0995. The molecule has 1 aromatic carbocycles. The lowest BCUT2D eigenvalue weighted by Crippen LogP contribution is -2.26. The van der Waals surface area contributed by atoms with E-state index in [1.54, 1.807) is 23.0 Å². The highest BCUT2D eigenvalue weighted by Crippen LogP contribution is 2.19. The number of nitrogens with zero attached hydrogens (tertiary/aromatic N) is 3. The predicted octanol–water partition coefficient (Wildman–Crippen LogP) is 2.67. The first-order chi connectivity index (χ1) is 10.6. The van der Waals surface area contributed by atoms with Crippen LogP contribution in [0.4, 0.5) is 0 Å². The van der Waals surface area contributed by atoms with Crippen molar-refractivity contribution in [1.29, 1.82) is 0 Å². The van der Waals surface area contributed by atoms with Crippen molar-refractivity contribution >= 4 is 10.9 Å².